The van der Waals surface area contributed by atoms with Gasteiger partial charge in [-0.2, -0.15) is 0 Å². The summed E-state index contributed by atoms with van der Waals surface area (Å²) in [5, 5.41) is 0. The average molecular weight is 142 g/mol. The van der Waals surface area contributed by atoms with E-state index in [0.29, 0.717) is 7.92 Å². The fourth-order valence-electron chi connectivity index (χ4n) is 1.28. The van der Waals surface area contributed by atoms with E-state index < -0.39 is 0 Å². The molecule has 1 rings (SSSR count). The molecule has 1 fully saturated rings. The van der Waals surface area contributed by atoms with Crippen molar-refractivity contribution in [1.82, 2.24) is 0 Å². The van der Waals surface area contributed by atoms with Crippen LogP contribution in [0.5, 0.6) is 0 Å². The average Bonchev–Trinajstić information content (AvgIpc) is 2.34. The first-order valence-corrected chi connectivity index (χ1v) is 5.66. The molecule has 1 aliphatic heterocycles. The predicted molar refractivity (Wildman–Crippen MR) is 45.6 cm³/mol. The van der Waals surface area contributed by atoms with E-state index in [2.05, 4.69) is 12.7 Å². The number of hydrogen-bond acceptors (Lipinski definition) is 0. The Hall–Kier alpha value is 0.170. The van der Waals surface area contributed by atoms with Crippen LogP contribution in [0.25, 0.3) is 0 Å². The van der Waals surface area contributed by atoms with Crippen molar-refractivity contribution in [2.45, 2.75) is 19.3 Å². The van der Waals surface area contributed by atoms with Crippen LogP contribution in [0.4, 0.5) is 0 Å². The first-order chi connectivity index (χ1) is 4.43. The lowest BCUT2D eigenvalue weighted by Gasteiger charge is -2.05. The predicted octanol–water partition coefficient (Wildman–Crippen LogP) is 2.84. The quantitative estimate of drug-likeness (QED) is 0.420. The molecule has 0 aliphatic carbocycles. The molecule has 0 atom stereocenters. The van der Waals surface area contributed by atoms with Crippen LogP contribution in [0.2, 0.25) is 0 Å². The minimum absolute atomic E-state index is 0.478. The third-order valence-electron chi connectivity index (χ3n) is 1.85. The molecule has 0 unspecified atom stereocenters. The van der Waals surface area contributed by atoms with Crippen LogP contribution in [0.1, 0.15) is 19.3 Å². The molecule has 0 saturated carbocycles. The smallest absolute Gasteiger partial charge is 0.0291 e. The number of rotatable bonds is 3. The Kier molecular flexibility index (Phi) is 3.28. The van der Waals surface area contributed by atoms with Gasteiger partial charge in [0.2, 0.25) is 0 Å². The lowest BCUT2D eigenvalue weighted by Crippen LogP contribution is -1.82. The lowest BCUT2D eigenvalue weighted by atomic mass is 10.4. The Morgan fingerprint density at radius 2 is 2.00 bits per heavy atom. The van der Waals surface area contributed by atoms with Gasteiger partial charge in [0.05, 0.1) is 0 Å². The SMILES string of the molecule is C=CCCP1CCCC1. The molecule has 0 aromatic carbocycles. The van der Waals surface area contributed by atoms with Crippen molar-refractivity contribution in [2.24, 2.45) is 0 Å². The highest BCUT2D eigenvalue weighted by atomic mass is 31.1. The van der Waals surface area contributed by atoms with Crippen molar-refractivity contribution in [3.63, 3.8) is 0 Å². The minimum Gasteiger partial charge on any atom is -0.106 e. The van der Waals surface area contributed by atoms with Gasteiger partial charge in [0.1, 0.15) is 0 Å². The van der Waals surface area contributed by atoms with Gasteiger partial charge in [0.15, 0.2) is 0 Å². The second-order valence-electron chi connectivity index (χ2n) is 2.63. The molecular weight excluding hydrogens is 127 g/mol. The number of hydrogen-bond donors (Lipinski definition) is 0. The van der Waals surface area contributed by atoms with E-state index in [1.807, 2.05) is 0 Å². The maximum absolute atomic E-state index is 3.73. The molecule has 0 amide bonds. The molecule has 1 aliphatic rings. The highest BCUT2D eigenvalue weighted by Gasteiger charge is 2.11. The van der Waals surface area contributed by atoms with Gasteiger partial charge >= 0.3 is 0 Å². The summed E-state index contributed by atoms with van der Waals surface area (Å²) in [5.41, 5.74) is 0. The highest BCUT2D eigenvalue weighted by Crippen LogP contribution is 2.43. The van der Waals surface area contributed by atoms with Crippen LogP contribution in [-0.4, -0.2) is 18.5 Å². The van der Waals surface area contributed by atoms with Gasteiger partial charge in [0.25, 0.3) is 0 Å². The van der Waals surface area contributed by atoms with Gasteiger partial charge in [-0.3, -0.25) is 0 Å². The van der Waals surface area contributed by atoms with Gasteiger partial charge in [0, 0.05) is 0 Å². The molecule has 0 spiro atoms. The van der Waals surface area contributed by atoms with Crippen LogP contribution >= 0.6 is 7.92 Å². The summed E-state index contributed by atoms with van der Waals surface area (Å²) >= 11 is 0. The molecule has 9 heavy (non-hydrogen) atoms. The first-order valence-electron chi connectivity index (χ1n) is 3.77. The van der Waals surface area contributed by atoms with Gasteiger partial charge in [-0.05, 0) is 37.7 Å². The maximum Gasteiger partial charge on any atom is -0.0291 e. The van der Waals surface area contributed by atoms with E-state index in [9.17, 15) is 0 Å². The van der Waals surface area contributed by atoms with E-state index in [1.165, 1.54) is 25.4 Å². The van der Waals surface area contributed by atoms with E-state index >= 15 is 0 Å². The largest absolute Gasteiger partial charge is 0.106 e. The summed E-state index contributed by atoms with van der Waals surface area (Å²) in [5.74, 6) is 0. The summed E-state index contributed by atoms with van der Waals surface area (Å²) in [6.07, 6.45) is 10.9. The molecule has 0 bridgehead atoms. The van der Waals surface area contributed by atoms with Crippen molar-refractivity contribution < 1.29 is 0 Å². The van der Waals surface area contributed by atoms with Crippen molar-refractivity contribution in [2.75, 3.05) is 18.5 Å². The van der Waals surface area contributed by atoms with Crippen LogP contribution in [0.3, 0.4) is 0 Å². The minimum atomic E-state index is 0.478. The first kappa shape index (κ1) is 7.28. The summed E-state index contributed by atoms with van der Waals surface area (Å²) < 4.78 is 0. The second-order valence-corrected chi connectivity index (χ2v) is 5.31. The molecule has 1 heteroatoms. The normalized spacial score (nSPS) is 20.4. The van der Waals surface area contributed by atoms with Gasteiger partial charge in [-0.15, -0.1) is 14.5 Å². The van der Waals surface area contributed by atoms with E-state index in [1.54, 1.807) is 12.3 Å². The lowest BCUT2D eigenvalue weighted by molar-refractivity contribution is 0.949. The molecule has 52 valence electrons. The number of allylic oxidation sites excluding steroid dienone is 1. The second kappa shape index (κ2) is 4.06. The van der Waals surface area contributed by atoms with Crippen LogP contribution < -0.4 is 0 Å². The Labute approximate surface area is 59.1 Å². The molecular formula is C8H15P. The third-order valence-corrected chi connectivity index (χ3v) is 4.64. The molecule has 0 N–H and O–H groups in total. The van der Waals surface area contributed by atoms with Crippen LogP contribution in [0.15, 0.2) is 12.7 Å². The zero-order chi connectivity index (χ0) is 6.53. The van der Waals surface area contributed by atoms with E-state index in [-0.39, 0.29) is 0 Å². The van der Waals surface area contributed by atoms with Gasteiger partial charge in [-0.1, -0.05) is 6.08 Å². The fraction of sp³-hybridized carbons (Fsp3) is 0.750. The summed E-state index contributed by atoms with van der Waals surface area (Å²) in [6, 6.07) is 0. The van der Waals surface area contributed by atoms with Crippen molar-refractivity contribution in [3.8, 4) is 0 Å². The standard InChI is InChI=1S/C8H15P/c1-2-3-6-9-7-4-5-8-9/h2H,1,3-8H2. The van der Waals surface area contributed by atoms with Crippen molar-refractivity contribution in [3.05, 3.63) is 12.7 Å². The Balaban J connectivity index is 2.04. The molecule has 0 aromatic rings. The van der Waals surface area contributed by atoms with Crippen molar-refractivity contribution >= 4 is 7.92 Å². The van der Waals surface area contributed by atoms with Crippen LogP contribution in [0, 0.1) is 0 Å². The topological polar surface area (TPSA) is 0 Å². The Bertz CT molecular complexity index is 82.6. The van der Waals surface area contributed by atoms with E-state index in [4.69, 9.17) is 0 Å². The summed E-state index contributed by atoms with van der Waals surface area (Å²) in [4.78, 5) is 0. The summed E-state index contributed by atoms with van der Waals surface area (Å²) in [6.45, 7) is 3.73. The molecule has 1 saturated heterocycles. The summed E-state index contributed by atoms with van der Waals surface area (Å²) in [7, 11) is 0.478. The maximum atomic E-state index is 3.73. The Morgan fingerprint density at radius 3 is 2.56 bits per heavy atom. The van der Waals surface area contributed by atoms with Gasteiger partial charge in [-0.25, -0.2) is 0 Å². The van der Waals surface area contributed by atoms with Crippen molar-refractivity contribution in [1.29, 1.82) is 0 Å². The fourth-order valence-corrected chi connectivity index (χ4v) is 3.84. The zero-order valence-corrected chi connectivity index (χ0v) is 6.87. The molecule has 0 aromatic heterocycles. The highest BCUT2D eigenvalue weighted by molar-refractivity contribution is 7.57. The zero-order valence-electron chi connectivity index (χ0n) is 5.97. The third kappa shape index (κ3) is 2.49. The Morgan fingerprint density at radius 1 is 1.33 bits per heavy atom. The molecule has 0 radical (unpaired) electrons. The monoisotopic (exact) mass is 142 g/mol. The van der Waals surface area contributed by atoms with Gasteiger partial charge < -0.3 is 0 Å². The molecule has 1 heterocycles. The van der Waals surface area contributed by atoms with E-state index in [0.717, 1.165) is 0 Å². The van der Waals surface area contributed by atoms with Crippen LogP contribution in [-0.2, 0) is 0 Å². The molecule has 0 nitrogen and oxygen atoms in total.